The Morgan fingerprint density at radius 3 is 2.62 bits per heavy atom. The molecule has 1 unspecified atom stereocenters. The van der Waals surface area contributed by atoms with E-state index in [1.54, 1.807) is 0 Å². The molecule has 1 amide bonds. The number of amides is 1. The number of esters is 1. The zero-order chi connectivity index (χ0) is 22.7. The maximum absolute atomic E-state index is 12.3. The van der Waals surface area contributed by atoms with Crippen LogP contribution in [0.1, 0.15) is 56.7 Å². The highest BCUT2D eigenvalue weighted by molar-refractivity contribution is 5.83. The van der Waals surface area contributed by atoms with Gasteiger partial charge in [0.25, 0.3) is 0 Å². The van der Waals surface area contributed by atoms with E-state index in [2.05, 4.69) is 41.7 Å². The molecule has 1 saturated heterocycles. The smallest absolute Gasteiger partial charge is 0.316 e. The van der Waals surface area contributed by atoms with E-state index in [0.29, 0.717) is 11.8 Å². The Labute approximate surface area is 190 Å². The van der Waals surface area contributed by atoms with Crippen molar-refractivity contribution in [2.75, 3.05) is 18.4 Å². The lowest BCUT2D eigenvalue weighted by molar-refractivity contribution is -0.143. The fourth-order valence-electron chi connectivity index (χ4n) is 4.27. The summed E-state index contributed by atoms with van der Waals surface area (Å²) in [6.45, 7) is 7.16. The van der Waals surface area contributed by atoms with Crippen molar-refractivity contribution < 1.29 is 14.3 Å². The predicted molar refractivity (Wildman–Crippen MR) is 128 cm³/mol. The van der Waals surface area contributed by atoms with Gasteiger partial charge in [-0.2, -0.15) is 0 Å². The second-order valence-electron chi connectivity index (χ2n) is 9.78. The van der Waals surface area contributed by atoms with Gasteiger partial charge in [0, 0.05) is 24.8 Å². The Morgan fingerprint density at radius 1 is 1.16 bits per heavy atom. The minimum absolute atomic E-state index is 0.219. The number of carbonyl (C=O) groups is 2. The number of anilines is 1. The monoisotopic (exact) mass is 432 g/mol. The second kappa shape index (κ2) is 9.19. The molecule has 1 N–H and O–H groups in total. The first kappa shape index (κ1) is 22.1. The molecule has 0 radical (unpaired) electrons. The highest BCUT2D eigenvalue weighted by Gasteiger charge is 2.24. The molecular weight excluding hydrogens is 400 g/mol. The molecular formula is C27H32N2O3. The zero-order valence-electron chi connectivity index (χ0n) is 19.2. The van der Waals surface area contributed by atoms with Crippen molar-refractivity contribution in [1.29, 1.82) is 0 Å². The summed E-state index contributed by atoms with van der Waals surface area (Å²) < 4.78 is 5.63. The van der Waals surface area contributed by atoms with Crippen molar-refractivity contribution >= 4 is 23.6 Å². The molecule has 168 valence electrons. The lowest BCUT2D eigenvalue weighted by Gasteiger charge is -2.18. The Morgan fingerprint density at radius 2 is 1.94 bits per heavy atom. The topological polar surface area (TPSA) is 58.6 Å². The molecule has 1 atom stereocenters. The molecule has 1 fully saturated rings. The van der Waals surface area contributed by atoms with E-state index in [1.807, 2.05) is 37.8 Å². The van der Waals surface area contributed by atoms with Crippen LogP contribution in [0, 0.1) is 5.41 Å². The van der Waals surface area contributed by atoms with Crippen LogP contribution in [0.2, 0.25) is 0 Å². The van der Waals surface area contributed by atoms with E-state index in [0.717, 1.165) is 50.9 Å². The third-order valence-corrected chi connectivity index (χ3v) is 6.12. The number of aryl methyl sites for hydroxylation is 1. The highest BCUT2D eigenvalue weighted by atomic mass is 16.5. The Kier molecular flexibility index (Phi) is 6.35. The first-order chi connectivity index (χ1) is 15.3. The number of nitrogens with one attached hydrogen (secondary N) is 1. The summed E-state index contributed by atoms with van der Waals surface area (Å²) in [5, 5.41) is 3.54. The number of nitrogens with zero attached hydrogens (tertiary/aromatic N) is 1. The van der Waals surface area contributed by atoms with Crippen molar-refractivity contribution in [3.63, 3.8) is 0 Å². The van der Waals surface area contributed by atoms with Crippen LogP contribution in [-0.4, -0.2) is 36.4 Å². The molecule has 2 aliphatic rings. The number of allylic oxidation sites excluding steroid dienone is 1. The zero-order valence-corrected chi connectivity index (χ0v) is 19.2. The van der Waals surface area contributed by atoms with Gasteiger partial charge in [-0.15, -0.1) is 0 Å². The van der Waals surface area contributed by atoms with Crippen molar-refractivity contribution in [2.45, 2.75) is 52.5 Å². The summed E-state index contributed by atoms with van der Waals surface area (Å²) in [5.74, 6) is 0.397. The number of hydrogen-bond donors (Lipinski definition) is 1. The molecule has 0 aromatic heterocycles. The van der Waals surface area contributed by atoms with Gasteiger partial charge < -0.3 is 15.0 Å². The average molecular weight is 433 g/mol. The lowest BCUT2D eigenvalue weighted by Crippen LogP contribution is -2.25. The van der Waals surface area contributed by atoms with Gasteiger partial charge in [-0.25, -0.2) is 0 Å². The number of ether oxygens (including phenoxy) is 1. The molecule has 2 aromatic carbocycles. The van der Waals surface area contributed by atoms with Gasteiger partial charge in [-0.3, -0.25) is 9.59 Å². The van der Waals surface area contributed by atoms with E-state index in [-0.39, 0.29) is 5.97 Å². The lowest BCUT2D eigenvalue weighted by atomic mass is 9.93. The van der Waals surface area contributed by atoms with Crippen molar-refractivity contribution in [2.24, 2.45) is 5.41 Å². The summed E-state index contributed by atoms with van der Waals surface area (Å²) in [7, 11) is 0. The van der Waals surface area contributed by atoms with Crippen LogP contribution in [0.4, 0.5) is 5.69 Å². The van der Waals surface area contributed by atoms with Gasteiger partial charge in [0.1, 0.15) is 5.75 Å². The molecule has 0 bridgehead atoms. The minimum atomic E-state index is -0.530. The molecule has 5 nitrogen and oxygen atoms in total. The van der Waals surface area contributed by atoms with Gasteiger partial charge in [-0.05, 0) is 93.0 Å². The maximum Gasteiger partial charge on any atom is 0.316 e. The molecule has 5 heteroatoms. The van der Waals surface area contributed by atoms with Crippen molar-refractivity contribution in [3.8, 4) is 5.75 Å². The van der Waals surface area contributed by atoms with E-state index in [9.17, 15) is 9.59 Å². The van der Waals surface area contributed by atoms with Crippen molar-refractivity contribution in [3.05, 3.63) is 65.2 Å². The predicted octanol–water partition coefficient (Wildman–Crippen LogP) is 5.05. The third kappa shape index (κ3) is 5.04. The summed E-state index contributed by atoms with van der Waals surface area (Å²) in [5.41, 5.74) is 5.37. The summed E-state index contributed by atoms with van der Waals surface area (Å²) in [4.78, 5) is 25.0. The van der Waals surface area contributed by atoms with Crippen LogP contribution < -0.4 is 10.1 Å². The van der Waals surface area contributed by atoms with E-state index >= 15 is 0 Å². The van der Waals surface area contributed by atoms with Gasteiger partial charge in [0.15, 0.2) is 0 Å². The highest BCUT2D eigenvalue weighted by Crippen LogP contribution is 2.34. The number of likely N-dealkylation sites (tertiary alicyclic amines) is 1. The largest absolute Gasteiger partial charge is 0.426 e. The van der Waals surface area contributed by atoms with E-state index in [4.69, 9.17) is 4.74 Å². The summed E-state index contributed by atoms with van der Waals surface area (Å²) in [6, 6.07) is 14.8. The minimum Gasteiger partial charge on any atom is -0.426 e. The first-order valence-electron chi connectivity index (χ1n) is 11.5. The standard InChI is InChI=1S/C27H32N2O3/c1-27(2,3)26(31)32-23-12-13-25-20(16-23)6-4-5-7-24(25)19-8-10-21(11-9-19)28-22-14-15-29(17-22)18-30/h7-13,16,18,22,28H,4-6,14-15,17H2,1-3H3. The van der Waals surface area contributed by atoms with Crippen LogP contribution in [-0.2, 0) is 16.0 Å². The molecule has 1 aliphatic heterocycles. The van der Waals surface area contributed by atoms with Gasteiger partial charge >= 0.3 is 5.97 Å². The molecule has 4 rings (SSSR count). The van der Waals surface area contributed by atoms with Crippen molar-refractivity contribution in [1.82, 2.24) is 4.90 Å². The van der Waals surface area contributed by atoms with E-state index in [1.165, 1.54) is 22.3 Å². The van der Waals surface area contributed by atoms with Crippen LogP contribution >= 0.6 is 0 Å². The molecule has 0 spiro atoms. The first-order valence-corrected chi connectivity index (χ1v) is 11.5. The number of carbonyl (C=O) groups excluding carboxylic acids is 2. The molecule has 0 saturated carbocycles. The normalized spacial score (nSPS) is 18.4. The van der Waals surface area contributed by atoms with Crippen LogP contribution in [0.5, 0.6) is 5.75 Å². The van der Waals surface area contributed by atoms with Crippen LogP contribution in [0.3, 0.4) is 0 Å². The third-order valence-electron chi connectivity index (χ3n) is 6.12. The number of rotatable bonds is 5. The van der Waals surface area contributed by atoms with Crippen LogP contribution in [0.15, 0.2) is 48.5 Å². The van der Waals surface area contributed by atoms with E-state index < -0.39 is 5.41 Å². The number of hydrogen-bond acceptors (Lipinski definition) is 4. The van der Waals surface area contributed by atoms with Crippen LogP contribution in [0.25, 0.3) is 5.57 Å². The number of benzene rings is 2. The Hall–Kier alpha value is -3.08. The average Bonchev–Trinajstić information content (AvgIpc) is 3.11. The van der Waals surface area contributed by atoms with Gasteiger partial charge in [-0.1, -0.05) is 24.3 Å². The Balaban J connectivity index is 1.51. The fourth-order valence-corrected chi connectivity index (χ4v) is 4.27. The summed E-state index contributed by atoms with van der Waals surface area (Å²) >= 11 is 0. The van der Waals surface area contributed by atoms with Gasteiger partial charge in [0.05, 0.1) is 5.41 Å². The van der Waals surface area contributed by atoms with Gasteiger partial charge in [0.2, 0.25) is 6.41 Å². The molecule has 1 heterocycles. The number of fused-ring (bicyclic) bond motifs is 1. The molecule has 32 heavy (non-hydrogen) atoms. The quantitative estimate of drug-likeness (QED) is 0.408. The SMILES string of the molecule is CC(C)(C)C(=O)Oc1ccc2c(c1)CCCC=C2c1ccc(NC2CCN(C=O)C2)cc1. The molecule has 2 aromatic rings. The fraction of sp³-hybridized carbons (Fsp3) is 0.407. The second-order valence-corrected chi connectivity index (χ2v) is 9.78. The Bertz CT molecular complexity index is 1020. The summed E-state index contributed by atoms with van der Waals surface area (Å²) in [6.07, 6.45) is 7.27. The maximum atomic E-state index is 12.3. The molecule has 1 aliphatic carbocycles.